The van der Waals surface area contributed by atoms with Gasteiger partial charge in [0.25, 0.3) is 0 Å². The highest BCUT2D eigenvalue weighted by Crippen LogP contribution is 1.80. The van der Waals surface area contributed by atoms with Crippen LogP contribution < -0.4 is 27.4 Å². The first-order valence-corrected chi connectivity index (χ1v) is 2.66. The summed E-state index contributed by atoms with van der Waals surface area (Å²) in [6.45, 7) is 0. The molecule has 2 unspecified atom stereocenters. The molecule has 1 heterocycles. The molecule has 1 fully saturated rings. The molecule has 9 heavy (non-hydrogen) atoms. The topological polar surface area (TPSA) is 108 Å². The Balaban J connectivity index is 2.34. The van der Waals surface area contributed by atoms with Crippen LogP contribution in [0.3, 0.4) is 0 Å². The maximum atomic E-state index is 8.83. The molecule has 0 amide bonds. The number of nitrogens with one attached hydrogen (secondary N) is 3. The Bertz CT molecular complexity index is 73.2. The van der Waals surface area contributed by atoms with Gasteiger partial charge in [0.1, 0.15) is 12.6 Å². The van der Waals surface area contributed by atoms with Crippen LogP contribution in [0.25, 0.3) is 0 Å². The SMILES string of the molecule is NC1NC(N)NC(O)N1. The lowest BCUT2D eigenvalue weighted by atomic mass is 10.6. The molecular weight excluding hydrogens is 122 g/mol. The van der Waals surface area contributed by atoms with E-state index in [-0.39, 0.29) is 0 Å². The monoisotopic (exact) mass is 133 g/mol. The highest BCUT2D eigenvalue weighted by molar-refractivity contribution is 4.69. The van der Waals surface area contributed by atoms with Crippen molar-refractivity contribution in [1.29, 1.82) is 0 Å². The molecule has 54 valence electrons. The van der Waals surface area contributed by atoms with Gasteiger partial charge in [-0.1, -0.05) is 0 Å². The third kappa shape index (κ3) is 1.86. The molecule has 8 N–H and O–H groups in total. The molecule has 0 aliphatic carbocycles. The summed E-state index contributed by atoms with van der Waals surface area (Å²) in [5, 5.41) is 16.6. The van der Waals surface area contributed by atoms with Gasteiger partial charge >= 0.3 is 0 Å². The summed E-state index contributed by atoms with van der Waals surface area (Å²) < 4.78 is 0. The van der Waals surface area contributed by atoms with E-state index in [2.05, 4.69) is 16.0 Å². The van der Waals surface area contributed by atoms with Gasteiger partial charge in [-0.15, -0.1) is 0 Å². The number of nitrogens with two attached hydrogens (primary N) is 2. The fourth-order valence-corrected chi connectivity index (χ4v) is 0.678. The van der Waals surface area contributed by atoms with Gasteiger partial charge in [0.15, 0.2) is 6.35 Å². The van der Waals surface area contributed by atoms with E-state index >= 15 is 0 Å². The lowest BCUT2D eigenvalue weighted by Gasteiger charge is -2.31. The van der Waals surface area contributed by atoms with Crippen LogP contribution >= 0.6 is 0 Å². The standard InChI is InChI=1S/C3H11N5O/c4-1-6-2(5)8-3(9)7-1/h1-3,6-9H,4-5H2. The van der Waals surface area contributed by atoms with Crippen molar-refractivity contribution in [2.45, 2.75) is 18.9 Å². The van der Waals surface area contributed by atoms with E-state index in [4.69, 9.17) is 16.6 Å². The van der Waals surface area contributed by atoms with Crippen LogP contribution in [0.1, 0.15) is 0 Å². The predicted octanol–water partition coefficient (Wildman–Crippen LogP) is -3.47. The third-order valence-corrected chi connectivity index (χ3v) is 1.03. The van der Waals surface area contributed by atoms with Crippen LogP contribution in [0.2, 0.25) is 0 Å². The van der Waals surface area contributed by atoms with Gasteiger partial charge in [-0.25, -0.2) is 0 Å². The van der Waals surface area contributed by atoms with Crippen molar-refractivity contribution in [2.24, 2.45) is 11.5 Å². The number of hydrogen-bond acceptors (Lipinski definition) is 6. The molecule has 0 spiro atoms. The van der Waals surface area contributed by atoms with Gasteiger partial charge in [-0.3, -0.25) is 16.0 Å². The first kappa shape index (κ1) is 6.87. The molecule has 0 aromatic rings. The largest absolute Gasteiger partial charge is 0.365 e. The van der Waals surface area contributed by atoms with E-state index < -0.39 is 18.9 Å². The quantitative estimate of drug-likeness (QED) is 0.205. The van der Waals surface area contributed by atoms with Crippen molar-refractivity contribution < 1.29 is 5.11 Å². The first-order chi connectivity index (χ1) is 4.18. The second kappa shape index (κ2) is 2.56. The fourth-order valence-electron chi connectivity index (χ4n) is 0.678. The molecule has 6 heteroatoms. The Morgan fingerprint density at radius 1 is 1.00 bits per heavy atom. The number of aliphatic hydroxyl groups is 1. The van der Waals surface area contributed by atoms with E-state index in [1.54, 1.807) is 0 Å². The molecule has 2 atom stereocenters. The van der Waals surface area contributed by atoms with Crippen molar-refractivity contribution in [3.05, 3.63) is 0 Å². The van der Waals surface area contributed by atoms with Gasteiger partial charge in [0.2, 0.25) is 0 Å². The Hall–Kier alpha value is -0.240. The summed E-state index contributed by atoms with van der Waals surface area (Å²) in [7, 11) is 0. The van der Waals surface area contributed by atoms with E-state index in [9.17, 15) is 0 Å². The Labute approximate surface area is 52.6 Å². The molecule has 1 saturated heterocycles. The highest BCUT2D eigenvalue weighted by atomic mass is 16.3. The zero-order valence-electron chi connectivity index (χ0n) is 4.83. The van der Waals surface area contributed by atoms with Gasteiger partial charge in [-0.05, 0) is 0 Å². The zero-order chi connectivity index (χ0) is 6.85. The number of rotatable bonds is 0. The van der Waals surface area contributed by atoms with Crippen LogP contribution in [-0.2, 0) is 0 Å². The van der Waals surface area contributed by atoms with Gasteiger partial charge in [0.05, 0.1) is 0 Å². The molecule has 0 aromatic carbocycles. The van der Waals surface area contributed by atoms with Crippen molar-refractivity contribution in [1.82, 2.24) is 16.0 Å². The van der Waals surface area contributed by atoms with Crippen LogP contribution in [0, 0.1) is 0 Å². The highest BCUT2D eigenvalue weighted by Gasteiger charge is 2.18. The first-order valence-electron chi connectivity index (χ1n) is 2.66. The van der Waals surface area contributed by atoms with Crippen molar-refractivity contribution in [3.63, 3.8) is 0 Å². The molecular formula is C3H11N5O. The second-order valence-electron chi connectivity index (χ2n) is 1.86. The van der Waals surface area contributed by atoms with E-state index in [1.165, 1.54) is 0 Å². The minimum atomic E-state index is -0.823. The molecule has 1 aliphatic heterocycles. The summed E-state index contributed by atoms with van der Waals surface area (Å²) in [4.78, 5) is 0. The van der Waals surface area contributed by atoms with Crippen LogP contribution in [0.4, 0.5) is 0 Å². The maximum absolute atomic E-state index is 8.83. The molecule has 1 aliphatic rings. The normalized spacial score (nSPS) is 45.0. The molecule has 0 saturated carbocycles. The van der Waals surface area contributed by atoms with Gasteiger partial charge in [-0.2, -0.15) is 0 Å². The van der Waals surface area contributed by atoms with Gasteiger partial charge in [0, 0.05) is 0 Å². The average Bonchev–Trinajstić information content (AvgIpc) is 1.59. The molecule has 1 rings (SSSR count). The fraction of sp³-hybridized carbons (Fsp3) is 1.00. The summed E-state index contributed by atoms with van der Waals surface area (Å²) in [6.07, 6.45) is -1.72. The van der Waals surface area contributed by atoms with E-state index in [1.807, 2.05) is 0 Å². The van der Waals surface area contributed by atoms with Crippen molar-refractivity contribution in [2.75, 3.05) is 0 Å². The Morgan fingerprint density at radius 2 is 1.44 bits per heavy atom. The second-order valence-corrected chi connectivity index (χ2v) is 1.86. The third-order valence-electron chi connectivity index (χ3n) is 1.03. The number of aliphatic hydroxyl groups excluding tert-OH is 1. The van der Waals surface area contributed by atoms with Crippen molar-refractivity contribution in [3.8, 4) is 0 Å². The summed E-state index contributed by atoms with van der Waals surface area (Å²) in [5.74, 6) is 0. The lowest BCUT2D eigenvalue weighted by Crippen LogP contribution is -2.72. The van der Waals surface area contributed by atoms with E-state index in [0.717, 1.165) is 0 Å². The number of hydrogen-bond donors (Lipinski definition) is 6. The molecule has 0 bridgehead atoms. The molecule has 6 nitrogen and oxygen atoms in total. The lowest BCUT2D eigenvalue weighted by molar-refractivity contribution is 0.0309. The Morgan fingerprint density at radius 3 is 1.78 bits per heavy atom. The van der Waals surface area contributed by atoms with Crippen LogP contribution in [0.5, 0.6) is 0 Å². The summed E-state index contributed by atoms with van der Waals surface area (Å²) in [5.41, 5.74) is 10.6. The molecule has 0 radical (unpaired) electrons. The minimum Gasteiger partial charge on any atom is -0.365 e. The summed E-state index contributed by atoms with van der Waals surface area (Å²) in [6, 6.07) is 0. The maximum Gasteiger partial charge on any atom is 0.164 e. The van der Waals surface area contributed by atoms with Crippen LogP contribution in [0.15, 0.2) is 0 Å². The smallest absolute Gasteiger partial charge is 0.164 e. The summed E-state index contributed by atoms with van der Waals surface area (Å²) >= 11 is 0. The van der Waals surface area contributed by atoms with Crippen molar-refractivity contribution >= 4 is 0 Å². The van der Waals surface area contributed by atoms with Gasteiger partial charge < -0.3 is 16.6 Å². The molecule has 0 aromatic heterocycles. The van der Waals surface area contributed by atoms with E-state index in [0.29, 0.717) is 0 Å². The minimum absolute atomic E-state index is 0.448. The van der Waals surface area contributed by atoms with Crippen LogP contribution in [-0.4, -0.2) is 24.0 Å². The predicted molar refractivity (Wildman–Crippen MR) is 31.4 cm³/mol. The average molecular weight is 133 g/mol. The Kier molecular flexibility index (Phi) is 1.96. The zero-order valence-corrected chi connectivity index (χ0v) is 4.83.